The van der Waals surface area contributed by atoms with Gasteiger partial charge in [0, 0.05) is 24.7 Å². The first kappa shape index (κ1) is 34.9. The Bertz CT molecular complexity index is 894. The average Bonchev–Trinajstić information content (AvgIpc) is 3.27. The molecule has 1 aliphatic heterocycles. The fourth-order valence-electron chi connectivity index (χ4n) is 8.06. The topological polar surface area (TPSA) is 99.1 Å². The standard InChI is InChI=1S/C35H60O7/c1-7-34(5,32(39)41-28-23-27-19-20-35(28,6)33(27,3)4)24-26(15-9-10-16-29(36)37)22-25(2)14-8-11-17-30(38)42-31-18-12-13-21-40-31/h25-28,31H,7-24H2,1-6H3,(H,36,37). The molecule has 3 rings (SSSR count). The van der Waals surface area contributed by atoms with Crippen LogP contribution in [0.25, 0.3) is 0 Å². The maximum Gasteiger partial charge on any atom is 0.312 e. The van der Waals surface area contributed by atoms with Gasteiger partial charge in [-0.05, 0) is 94.3 Å². The van der Waals surface area contributed by atoms with Crippen LogP contribution in [0.15, 0.2) is 0 Å². The molecular weight excluding hydrogens is 532 g/mol. The summed E-state index contributed by atoms with van der Waals surface area (Å²) in [5.74, 6) is 0.427. The number of carboxylic acid groups (broad SMARTS) is 1. The maximum atomic E-state index is 13.8. The van der Waals surface area contributed by atoms with E-state index in [0.29, 0.717) is 37.2 Å². The molecule has 242 valence electrons. The lowest BCUT2D eigenvalue weighted by Gasteiger charge is -2.40. The lowest BCUT2D eigenvalue weighted by molar-refractivity contribution is -0.186. The Morgan fingerprint density at radius 1 is 1.00 bits per heavy atom. The summed E-state index contributed by atoms with van der Waals surface area (Å²) in [5, 5.41) is 9.11. The number of ether oxygens (including phenoxy) is 3. The largest absolute Gasteiger partial charge is 0.481 e. The molecule has 0 aromatic heterocycles. The quantitative estimate of drug-likeness (QED) is 0.126. The highest BCUT2D eigenvalue weighted by molar-refractivity contribution is 5.76. The van der Waals surface area contributed by atoms with E-state index in [1.807, 2.05) is 0 Å². The molecule has 42 heavy (non-hydrogen) atoms. The van der Waals surface area contributed by atoms with Crippen molar-refractivity contribution in [2.45, 2.75) is 163 Å². The van der Waals surface area contributed by atoms with E-state index in [2.05, 4.69) is 41.5 Å². The second-order valence-corrected chi connectivity index (χ2v) is 15.0. The van der Waals surface area contributed by atoms with Crippen molar-refractivity contribution in [3.05, 3.63) is 0 Å². The van der Waals surface area contributed by atoms with Crippen LogP contribution in [0, 0.1) is 34.0 Å². The second kappa shape index (κ2) is 15.4. The van der Waals surface area contributed by atoms with Crippen molar-refractivity contribution in [1.29, 1.82) is 0 Å². The minimum absolute atomic E-state index is 0.00562. The van der Waals surface area contributed by atoms with Crippen molar-refractivity contribution in [2.75, 3.05) is 6.61 Å². The zero-order valence-electron chi connectivity index (χ0n) is 27.5. The zero-order chi connectivity index (χ0) is 31.0. The molecule has 0 amide bonds. The number of hydrogen-bond acceptors (Lipinski definition) is 6. The summed E-state index contributed by atoms with van der Waals surface area (Å²) in [6, 6.07) is 0. The van der Waals surface area contributed by atoms with Crippen molar-refractivity contribution in [3.8, 4) is 0 Å². The molecule has 7 heteroatoms. The molecular formula is C35H60O7. The number of fused-ring (bicyclic) bond motifs is 2. The van der Waals surface area contributed by atoms with Gasteiger partial charge in [0.25, 0.3) is 0 Å². The fourth-order valence-corrected chi connectivity index (χ4v) is 8.06. The first-order valence-corrected chi connectivity index (χ1v) is 17.0. The molecule has 0 aromatic carbocycles. The third kappa shape index (κ3) is 8.95. The minimum Gasteiger partial charge on any atom is -0.481 e. The van der Waals surface area contributed by atoms with Crippen molar-refractivity contribution < 1.29 is 33.7 Å². The number of aliphatic carboxylic acids is 1. The smallest absolute Gasteiger partial charge is 0.312 e. The van der Waals surface area contributed by atoms with Gasteiger partial charge < -0.3 is 19.3 Å². The Balaban J connectivity index is 1.51. The molecule has 2 aliphatic carbocycles. The summed E-state index contributed by atoms with van der Waals surface area (Å²) in [4.78, 5) is 37.1. The minimum atomic E-state index is -0.752. The van der Waals surface area contributed by atoms with Crippen LogP contribution in [-0.4, -0.2) is 42.0 Å². The van der Waals surface area contributed by atoms with Crippen LogP contribution in [0.3, 0.4) is 0 Å². The number of carbonyl (C=O) groups excluding carboxylic acids is 2. The number of carboxylic acids is 1. The summed E-state index contributed by atoms with van der Waals surface area (Å²) in [5.41, 5.74) is -0.309. The molecule has 1 N–H and O–H groups in total. The summed E-state index contributed by atoms with van der Waals surface area (Å²) in [6.07, 6.45) is 14.1. The lowest BCUT2D eigenvalue weighted by Crippen LogP contribution is -2.42. The summed E-state index contributed by atoms with van der Waals surface area (Å²) in [6.45, 7) is 14.1. The van der Waals surface area contributed by atoms with E-state index in [1.165, 1.54) is 6.42 Å². The number of carbonyl (C=O) groups is 3. The predicted molar refractivity (Wildman–Crippen MR) is 164 cm³/mol. The average molecular weight is 593 g/mol. The van der Waals surface area contributed by atoms with Crippen molar-refractivity contribution in [2.24, 2.45) is 34.0 Å². The molecule has 1 saturated heterocycles. The van der Waals surface area contributed by atoms with E-state index < -0.39 is 11.4 Å². The van der Waals surface area contributed by atoms with E-state index in [9.17, 15) is 14.4 Å². The van der Waals surface area contributed by atoms with E-state index in [4.69, 9.17) is 19.3 Å². The van der Waals surface area contributed by atoms with Gasteiger partial charge in [-0.25, -0.2) is 0 Å². The van der Waals surface area contributed by atoms with Gasteiger partial charge in [-0.3, -0.25) is 14.4 Å². The Kier molecular flexibility index (Phi) is 12.8. The first-order valence-electron chi connectivity index (χ1n) is 17.0. The normalized spacial score (nSPS) is 29.4. The fraction of sp³-hybridized carbons (Fsp3) is 0.914. The van der Waals surface area contributed by atoms with Gasteiger partial charge >= 0.3 is 17.9 Å². The van der Waals surface area contributed by atoms with Crippen molar-refractivity contribution in [1.82, 2.24) is 0 Å². The van der Waals surface area contributed by atoms with Crippen LogP contribution in [0.1, 0.15) is 151 Å². The maximum absolute atomic E-state index is 13.8. The Hall–Kier alpha value is -1.63. The second-order valence-electron chi connectivity index (χ2n) is 15.0. The highest BCUT2D eigenvalue weighted by atomic mass is 16.7. The van der Waals surface area contributed by atoms with E-state index in [-0.39, 0.29) is 41.6 Å². The molecule has 0 aromatic rings. The molecule has 3 aliphatic rings. The molecule has 2 saturated carbocycles. The number of esters is 2. The van der Waals surface area contributed by atoms with Crippen LogP contribution in [0.2, 0.25) is 0 Å². The van der Waals surface area contributed by atoms with Crippen LogP contribution >= 0.6 is 0 Å². The van der Waals surface area contributed by atoms with Gasteiger partial charge in [0.05, 0.1) is 12.0 Å². The van der Waals surface area contributed by atoms with Gasteiger partial charge in [-0.15, -0.1) is 0 Å². The van der Waals surface area contributed by atoms with Gasteiger partial charge in [-0.2, -0.15) is 0 Å². The van der Waals surface area contributed by atoms with Crippen LogP contribution in [0.5, 0.6) is 0 Å². The summed E-state index contributed by atoms with van der Waals surface area (Å²) < 4.78 is 17.4. The molecule has 7 nitrogen and oxygen atoms in total. The zero-order valence-corrected chi connectivity index (χ0v) is 27.5. The highest BCUT2D eigenvalue weighted by Gasteiger charge is 2.63. The van der Waals surface area contributed by atoms with Crippen LogP contribution < -0.4 is 0 Å². The van der Waals surface area contributed by atoms with Gasteiger partial charge in [0.2, 0.25) is 6.29 Å². The van der Waals surface area contributed by atoms with Crippen molar-refractivity contribution in [3.63, 3.8) is 0 Å². The molecule has 1 heterocycles. The van der Waals surface area contributed by atoms with Gasteiger partial charge in [0.15, 0.2) is 0 Å². The Morgan fingerprint density at radius 3 is 2.31 bits per heavy atom. The molecule has 3 fully saturated rings. The Labute approximate surface area is 255 Å². The van der Waals surface area contributed by atoms with Gasteiger partial charge in [0.1, 0.15) is 6.10 Å². The summed E-state index contributed by atoms with van der Waals surface area (Å²) >= 11 is 0. The van der Waals surface area contributed by atoms with Crippen molar-refractivity contribution >= 4 is 17.9 Å². The van der Waals surface area contributed by atoms with Gasteiger partial charge in [-0.1, -0.05) is 60.3 Å². The molecule has 0 radical (unpaired) electrons. The van der Waals surface area contributed by atoms with E-state index in [0.717, 1.165) is 83.5 Å². The number of rotatable bonds is 18. The molecule has 0 spiro atoms. The number of unbranched alkanes of at least 4 members (excludes halogenated alkanes) is 2. The van der Waals surface area contributed by atoms with Crippen LogP contribution in [0.4, 0.5) is 0 Å². The SMILES string of the molecule is CCC(C)(CC(CCCCC(=O)O)CC(C)CCCCC(=O)OC1CCCCO1)C(=O)OC1CC2CCC1(C)C2(C)C. The third-order valence-electron chi connectivity index (χ3n) is 11.7. The monoisotopic (exact) mass is 592 g/mol. The number of hydrogen-bond donors (Lipinski definition) is 1. The first-order chi connectivity index (χ1) is 19.8. The predicted octanol–water partition coefficient (Wildman–Crippen LogP) is 8.47. The molecule has 7 unspecified atom stereocenters. The third-order valence-corrected chi connectivity index (χ3v) is 11.7. The summed E-state index contributed by atoms with van der Waals surface area (Å²) in [7, 11) is 0. The Morgan fingerprint density at radius 2 is 1.71 bits per heavy atom. The lowest BCUT2D eigenvalue weighted by atomic mass is 9.69. The van der Waals surface area contributed by atoms with E-state index in [1.54, 1.807) is 0 Å². The highest BCUT2D eigenvalue weighted by Crippen LogP contribution is 2.66. The molecule has 7 atom stereocenters. The van der Waals surface area contributed by atoms with Crippen LogP contribution in [-0.2, 0) is 28.6 Å². The van der Waals surface area contributed by atoms with E-state index >= 15 is 0 Å². The molecule has 2 bridgehead atoms.